The van der Waals surface area contributed by atoms with Gasteiger partial charge in [0.2, 0.25) is 0 Å². The van der Waals surface area contributed by atoms with E-state index in [-0.39, 0.29) is 0 Å². The normalized spacial score (nSPS) is 26.6. The lowest BCUT2D eigenvalue weighted by Crippen LogP contribution is -2.55. The van der Waals surface area contributed by atoms with Crippen LogP contribution in [0.3, 0.4) is 0 Å². The van der Waals surface area contributed by atoms with Gasteiger partial charge in [-0.2, -0.15) is 0 Å². The van der Waals surface area contributed by atoms with Crippen LogP contribution in [0.2, 0.25) is 0 Å². The molecule has 0 amide bonds. The highest BCUT2D eigenvalue weighted by Crippen LogP contribution is 2.33. The minimum atomic E-state index is -0.867. The van der Waals surface area contributed by atoms with E-state index in [1.165, 1.54) is 19.4 Å². The molecule has 5 heteroatoms. The molecule has 2 fully saturated rings. The van der Waals surface area contributed by atoms with Crippen molar-refractivity contribution in [2.45, 2.75) is 31.8 Å². The molecule has 2 heterocycles. The second-order valence-electron chi connectivity index (χ2n) is 5.73. The van der Waals surface area contributed by atoms with Gasteiger partial charge in [0.05, 0.1) is 11.3 Å². The summed E-state index contributed by atoms with van der Waals surface area (Å²) in [7, 11) is 0. The SMILES string of the molecule is CC1CN2CCCC2CN1c1cccc(Br)c1C(=O)O. The van der Waals surface area contributed by atoms with Gasteiger partial charge >= 0.3 is 5.97 Å². The Labute approximate surface area is 127 Å². The van der Waals surface area contributed by atoms with Crippen LogP contribution in [0, 0.1) is 0 Å². The summed E-state index contributed by atoms with van der Waals surface area (Å²) < 4.78 is 0.656. The molecule has 108 valence electrons. The van der Waals surface area contributed by atoms with Crippen molar-refractivity contribution in [3.05, 3.63) is 28.2 Å². The molecule has 0 spiro atoms. The average molecular weight is 339 g/mol. The van der Waals surface area contributed by atoms with Crippen molar-refractivity contribution in [2.75, 3.05) is 24.5 Å². The van der Waals surface area contributed by atoms with Crippen molar-refractivity contribution in [1.82, 2.24) is 4.90 Å². The first-order chi connectivity index (χ1) is 9.58. The number of carboxylic acids is 1. The van der Waals surface area contributed by atoms with E-state index < -0.39 is 5.97 Å². The van der Waals surface area contributed by atoms with E-state index in [4.69, 9.17) is 0 Å². The largest absolute Gasteiger partial charge is 0.478 e. The topological polar surface area (TPSA) is 43.8 Å². The smallest absolute Gasteiger partial charge is 0.338 e. The van der Waals surface area contributed by atoms with Crippen LogP contribution in [0.4, 0.5) is 5.69 Å². The number of aromatic carboxylic acids is 1. The fraction of sp³-hybridized carbons (Fsp3) is 0.533. The van der Waals surface area contributed by atoms with Gasteiger partial charge in [0.15, 0.2) is 0 Å². The maximum atomic E-state index is 11.6. The Morgan fingerprint density at radius 3 is 2.95 bits per heavy atom. The van der Waals surface area contributed by atoms with Gasteiger partial charge < -0.3 is 10.0 Å². The van der Waals surface area contributed by atoms with Gasteiger partial charge in [-0.1, -0.05) is 6.07 Å². The minimum Gasteiger partial charge on any atom is -0.478 e. The number of fused-ring (bicyclic) bond motifs is 1. The summed E-state index contributed by atoms with van der Waals surface area (Å²) in [6.07, 6.45) is 2.48. The first kappa shape index (κ1) is 13.9. The van der Waals surface area contributed by atoms with Crippen molar-refractivity contribution < 1.29 is 9.90 Å². The van der Waals surface area contributed by atoms with Crippen LogP contribution in [0.25, 0.3) is 0 Å². The lowest BCUT2D eigenvalue weighted by Gasteiger charge is -2.44. The molecule has 2 atom stereocenters. The highest BCUT2D eigenvalue weighted by atomic mass is 79.9. The van der Waals surface area contributed by atoms with Crippen LogP contribution in [-0.4, -0.2) is 47.7 Å². The van der Waals surface area contributed by atoms with E-state index in [0.29, 0.717) is 22.1 Å². The van der Waals surface area contributed by atoms with E-state index in [9.17, 15) is 9.90 Å². The zero-order chi connectivity index (χ0) is 14.3. The van der Waals surface area contributed by atoms with Crippen molar-refractivity contribution >= 4 is 27.6 Å². The molecule has 4 nitrogen and oxygen atoms in total. The molecule has 20 heavy (non-hydrogen) atoms. The highest BCUT2D eigenvalue weighted by molar-refractivity contribution is 9.10. The summed E-state index contributed by atoms with van der Waals surface area (Å²) in [4.78, 5) is 16.4. The fourth-order valence-corrected chi connectivity index (χ4v) is 4.01. The lowest BCUT2D eigenvalue weighted by molar-refractivity contribution is 0.0696. The van der Waals surface area contributed by atoms with E-state index in [2.05, 4.69) is 32.7 Å². The van der Waals surface area contributed by atoms with E-state index >= 15 is 0 Å². The third kappa shape index (κ3) is 2.33. The molecular weight excluding hydrogens is 320 g/mol. The van der Waals surface area contributed by atoms with Crippen molar-refractivity contribution in [1.29, 1.82) is 0 Å². The summed E-state index contributed by atoms with van der Waals surface area (Å²) in [5.74, 6) is -0.867. The number of hydrogen-bond acceptors (Lipinski definition) is 3. The highest BCUT2D eigenvalue weighted by Gasteiger charge is 2.35. The number of halogens is 1. The number of rotatable bonds is 2. The van der Waals surface area contributed by atoms with Crippen LogP contribution < -0.4 is 4.90 Å². The zero-order valence-electron chi connectivity index (χ0n) is 11.6. The predicted octanol–water partition coefficient (Wildman–Crippen LogP) is 2.82. The molecule has 1 aromatic rings. The number of benzene rings is 1. The van der Waals surface area contributed by atoms with E-state index in [0.717, 1.165) is 18.8 Å². The molecule has 3 rings (SSSR count). The lowest BCUT2D eigenvalue weighted by atomic mass is 10.0. The van der Waals surface area contributed by atoms with Crippen molar-refractivity contribution in [3.63, 3.8) is 0 Å². The molecule has 1 aromatic carbocycles. The molecule has 2 aliphatic rings. The Morgan fingerprint density at radius 1 is 1.40 bits per heavy atom. The van der Waals surface area contributed by atoms with Gasteiger partial charge in [-0.15, -0.1) is 0 Å². The number of anilines is 1. The maximum Gasteiger partial charge on any atom is 0.338 e. The molecule has 0 bridgehead atoms. The van der Waals surface area contributed by atoms with Crippen LogP contribution in [0.15, 0.2) is 22.7 Å². The number of nitrogens with zero attached hydrogens (tertiary/aromatic N) is 2. The molecule has 0 radical (unpaired) electrons. The van der Waals surface area contributed by atoms with Gasteiger partial charge in [-0.25, -0.2) is 4.79 Å². The van der Waals surface area contributed by atoms with Gasteiger partial charge in [-0.3, -0.25) is 4.90 Å². The Bertz CT molecular complexity index is 535. The average Bonchev–Trinajstić information content (AvgIpc) is 2.84. The third-order valence-electron chi connectivity index (χ3n) is 4.45. The molecule has 0 aliphatic carbocycles. The van der Waals surface area contributed by atoms with Gasteiger partial charge in [0, 0.05) is 29.6 Å². The van der Waals surface area contributed by atoms with Crippen molar-refractivity contribution in [2.24, 2.45) is 0 Å². The molecule has 2 saturated heterocycles. The molecular formula is C15H19BrN2O2. The molecule has 2 unspecified atom stereocenters. The van der Waals surface area contributed by atoms with Crippen LogP contribution >= 0.6 is 15.9 Å². The first-order valence-corrected chi connectivity index (χ1v) is 7.89. The Kier molecular flexibility index (Phi) is 3.73. The van der Waals surface area contributed by atoms with Gasteiger partial charge in [0.1, 0.15) is 0 Å². The number of hydrogen-bond donors (Lipinski definition) is 1. The number of carboxylic acid groups (broad SMARTS) is 1. The molecule has 1 N–H and O–H groups in total. The monoisotopic (exact) mass is 338 g/mol. The summed E-state index contributed by atoms with van der Waals surface area (Å²) in [6, 6.07) is 6.56. The van der Waals surface area contributed by atoms with Crippen molar-refractivity contribution in [3.8, 4) is 0 Å². The fourth-order valence-electron chi connectivity index (χ4n) is 3.49. The van der Waals surface area contributed by atoms with E-state index in [1.54, 1.807) is 6.07 Å². The second-order valence-corrected chi connectivity index (χ2v) is 6.59. The summed E-state index contributed by atoms with van der Waals surface area (Å²) in [5, 5.41) is 9.48. The first-order valence-electron chi connectivity index (χ1n) is 7.10. The van der Waals surface area contributed by atoms with Gasteiger partial charge in [0.25, 0.3) is 0 Å². The Balaban J connectivity index is 1.96. The van der Waals surface area contributed by atoms with Crippen LogP contribution in [0.5, 0.6) is 0 Å². The standard InChI is InChI=1S/C15H19BrN2O2/c1-10-8-17-7-3-4-11(17)9-18(10)13-6-2-5-12(16)14(13)15(19)20/h2,5-6,10-11H,3-4,7-9H2,1H3,(H,19,20). The Hall–Kier alpha value is -1.07. The number of piperazine rings is 1. The summed E-state index contributed by atoms with van der Waals surface area (Å²) >= 11 is 3.37. The summed E-state index contributed by atoms with van der Waals surface area (Å²) in [5.41, 5.74) is 1.22. The summed E-state index contributed by atoms with van der Waals surface area (Å²) in [6.45, 7) is 5.32. The predicted molar refractivity (Wildman–Crippen MR) is 82.5 cm³/mol. The third-order valence-corrected chi connectivity index (χ3v) is 5.11. The molecule has 2 aliphatic heterocycles. The maximum absolute atomic E-state index is 11.6. The molecule has 0 saturated carbocycles. The minimum absolute atomic E-state index is 0.344. The van der Waals surface area contributed by atoms with E-state index in [1.807, 2.05) is 12.1 Å². The van der Waals surface area contributed by atoms with Crippen LogP contribution in [0.1, 0.15) is 30.1 Å². The zero-order valence-corrected chi connectivity index (χ0v) is 13.1. The molecule has 0 aromatic heterocycles. The van der Waals surface area contributed by atoms with Gasteiger partial charge in [-0.05, 0) is 54.4 Å². The second kappa shape index (κ2) is 5.37. The van der Waals surface area contributed by atoms with Crippen LogP contribution in [-0.2, 0) is 0 Å². The Morgan fingerprint density at radius 2 is 2.20 bits per heavy atom. The quantitative estimate of drug-likeness (QED) is 0.900. The number of carbonyl (C=O) groups is 1.